The second-order valence-electron chi connectivity index (χ2n) is 5.44. The molecule has 1 aliphatic heterocycles. The van der Waals surface area contributed by atoms with Gasteiger partial charge in [-0.1, -0.05) is 6.92 Å². The Morgan fingerprint density at radius 3 is 3.26 bits per heavy atom. The molecule has 1 saturated heterocycles. The lowest BCUT2D eigenvalue weighted by molar-refractivity contribution is -0.00733. The van der Waals surface area contributed by atoms with Gasteiger partial charge in [0.1, 0.15) is 0 Å². The monoisotopic (exact) mass is 279 g/mol. The van der Waals surface area contributed by atoms with Gasteiger partial charge in [-0.25, -0.2) is 4.98 Å². The van der Waals surface area contributed by atoms with Crippen molar-refractivity contribution in [2.24, 2.45) is 5.41 Å². The number of ether oxygens (including phenoxy) is 1. The fourth-order valence-electron chi connectivity index (χ4n) is 2.89. The van der Waals surface area contributed by atoms with Gasteiger partial charge in [-0.3, -0.25) is 4.40 Å². The third-order valence-corrected chi connectivity index (χ3v) is 4.62. The highest BCUT2D eigenvalue weighted by Crippen LogP contribution is 2.32. The van der Waals surface area contributed by atoms with Crippen LogP contribution in [0.3, 0.4) is 0 Å². The first-order valence-corrected chi connectivity index (χ1v) is 7.89. The number of nitrogens with one attached hydrogen (secondary N) is 1. The number of imidazole rings is 1. The molecule has 0 bridgehead atoms. The van der Waals surface area contributed by atoms with E-state index in [1.54, 1.807) is 11.3 Å². The van der Waals surface area contributed by atoms with Crippen LogP contribution in [-0.2, 0) is 11.2 Å². The number of hydrogen-bond donors (Lipinski definition) is 1. The first-order valence-electron chi connectivity index (χ1n) is 7.01. The van der Waals surface area contributed by atoms with Gasteiger partial charge in [0, 0.05) is 42.8 Å². The van der Waals surface area contributed by atoms with Crippen LogP contribution in [0.4, 0.5) is 0 Å². The molecule has 1 fully saturated rings. The van der Waals surface area contributed by atoms with E-state index in [2.05, 4.69) is 34.4 Å². The van der Waals surface area contributed by atoms with Gasteiger partial charge in [0.15, 0.2) is 4.96 Å². The van der Waals surface area contributed by atoms with Gasteiger partial charge in [0.25, 0.3) is 0 Å². The van der Waals surface area contributed by atoms with Crippen LogP contribution in [0.5, 0.6) is 0 Å². The molecule has 1 unspecified atom stereocenters. The Kier molecular flexibility index (Phi) is 3.86. The van der Waals surface area contributed by atoms with Crippen LogP contribution in [0, 0.1) is 5.41 Å². The van der Waals surface area contributed by atoms with Crippen molar-refractivity contribution in [3.05, 3.63) is 23.5 Å². The third-order valence-electron chi connectivity index (χ3n) is 3.85. The van der Waals surface area contributed by atoms with Crippen LogP contribution in [0.25, 0.3) is 4.96 Å². The summed E-state index contributed by atoms with van der Waals surface area (Å²) in [5, 5.41) is 5.57. The van der Waals surface area contributed by atoms with Crippen molar-refractivity contribution in [3.8, 4) is 0 Å². The average molecular weight is 279 g/mol. The second-order valence-corrected chi connectivity index (χ2v) is 6.31. The average Bonchev–Trinajstić information content (AvgIpc) is 2.98. The van der Waals surface area contributed by atoms with Crippen LogP contribution < -0.4 is 5.32 Å². The molecule has 1 aliphatic rings. The minimum atomic E-state index is 0.221. The number of thiazole rings is 1. The van der Waals surface area contributed by atoms with E-state index in [0.29, 0.717) is 0 Å². The number of rotatable bonds is 5. The van der Waals surface area contributed by atoms with E-state index in [-0.39, 0.29) is 5.41 Å². The van der Waals surface area contributed by atoms with Crippen molar-refractivity contribution in [1.82, 2.24) is 14.7 Å². The molecule has 104 valence electrons. The maximum atomic E-state index is 5.74. The van der Waals surface area contributed by atoms with E-state index < -0.39 is 0 Å². The molecule has 0 aromatic carbocycles. The van der Waals surface area contributed by atoms with Crippen LogP contribution >= 0.6 is 11.3 Å². The van der Waals surface area contributed by atoms with Gasteiger partial charge in [0.05, 0.1) is 12.3 Å². The first-order chi connectivity index (χ1) is 9.31. The van der Waals surface area contributed by atoms with E-state index >= 15 is 0 Å². The molecular formula is C14H21N3OS. The standard InChI is InChI=1S/C14H21N3OS/c1-2-15-10-14(4-3-6-18-11-14)8-12-9-17-5-7-19-13(17)16-12/h5,7,9,15H,2-4,6,8,10-11H2,1H3. The maximum absolute atomic E-state index is 5.74. The molecule has 2 aromatic rings. The predicted molar refractivity (Wildman–Crippen MR) is 77.8 cm³/mol. The molecule has 4 nitrogen and oxygen atoms in total. The zero-order chi connectivity index (χ0) is 13.1. The minimum absolute atomic E-state index is 0.221. The maximum Gasteiger partial charge on any atom is 0.193 e. The number of fused-ring (bicyclic) bond motifs is 1. The molecule has 0 aliphatic carbocycles. The largest absolute Gasteiger partial charge is 0.381 e. The van der Waals surface area contributed by atoms with Crippen molar-refractivity contribution >= 4 is 16.3 Å². The Labute approximate surface area is 117 Å². The van der Waals surface area contributed by atoms with E-state index in [4.69, 9.17) is 9.72 Å². The molecule has 0 amide bonds. The fourth-order valence-corrected chi connectivity index (χ4v) is 3.61. The van der Waals surface area contributed by atoms with Gasteiger partial charge in [-0.15, -0.1) is 11.3 Å². The highest BCUT2D eigenvalue weighted by atomic mass is 32.1. The molecule has 0 spiro atoms. The lowest BCUT2D eigenvalue weighted by Crippen LogP contribution is -2.42. The molecule has 19 heavy (non-hydrogen) atoms. The molecule has 1 N–H and O–H groups in total. The SMILES string of the molecule is CCNCC1(Cc2cn3ccsc3n2)CCCOC1. The lowest BCUT2D eigenvalue weighted by Gasteiger charge is -2.36. The molecule has 1 atom stereocenters. The molecule has 0 radical (unpaired) electrons. The topological polar surface area (TPSA) is 38.6 Å². The summed E-state index contributed by atoms with van der Waals surface area (Å²) in [5.74, 6) is 0. The van der Waals surface area contributed by atoms with Crippen molar-refractivity contribution < 1.29 is 4.74 Å². The Morgan fingerprint density at radius 2 is 2.53 bits per heavy atom. The quantitative estimate of drug-likeness (QED) is 0.913. The summed E-state index contributed by atoms with van der Waals surface area (Å²) >= 11 is 1.69. The van der Waals surface area contributed by atoms with Gasteiger partial charge in [0.2, 0.25) is 0 Å². The van der Waals surface area contributed by atoms with Crippen molar-refractivity contribution in [2.45, 2.75) is 26.2 Å². The summed E-state index contributed by atoms with van der Waals surface area (Å²) in [4.78, 5) is 5.81. The van der Waals surface area contributed by atoms with E-state index in [0.717, 1.165) is 44.1 Å². The highest BCUT2D eigenvalue weighted by Gasteiger charge is 2.33. The van der Waals surface area contributed by atoms with Crippen LogP contribution in [-0.4, -0.2) is 35.7 Å². The second kappa shape index (κ2) is 5.61. The molecule has 3 rings (SSSR count). The smallest absolute Gasteiger partial charge is 0.193 e. The number of aromatic nitrogens is 2. The number of hydrogen-bond acceptors (Lipinski definition) is 4. The molecule has 0 saturated carbocycles. The van der Waals surface area contributed by atoms with Gasteiger partial charge >= 0.3 is 0 Å². The summed E-state index contributed by atoms with van der Waals surface area (Å²) < 4.78 is 7.85. The Bertz CT molecular complexity index is 499. The molecular weight excluding hydrogens is 258 g/mol. The van der Waals surface area contributed by atoms with Gasteiger partial charge in [-0.05, 0) is 19.4 Å². The normalized spacial score (nSPS) is 24.1. The van der Waals surface area contributed by atoms with Crippen molar-refractivity contribution in [3.63, 3.8) is 0 Å². The lowest BCUT2D eigenvalue weighted by atomic mass is 9.78. The van der Waals surface area contributed by atoms with Gasteiger partial charge in [-0.2, -0.15) is 0 Å². The molecule has 5 heteroatoms. The summed E-state index contributed by atoms with van der Waals surface area (Å²) in [6.07, 6.45) is 7.63. The van der Waals surface area contributed by atoms with Crippen LogP contribution in [0.15, 0.2) is 17.8 Å². The third kappa shape index (κ3) is 2.83. The Morgan fingerprint density at radius 1 is 1.58 bits per heavy atom. The fraction of sp³-hybridized carbons (Fsp3) is 0.643. The zero-order valence-electron chi connectivity index (χ0n) is 11.4. The van der Waals surface area contributed by atoms with E-state index in [9.17, 15) is 0 Å². The van der Waals surface area contributed by atoms with Crippen LogP contribution in [0.2, 0.25) is 0 Å². The Hall–Kier alpha value is -0.910. The predicted octanol–water partition coefficient (Wildman–Crippen LogP) is 2.34. The van der Waals surface area contributed by atoms with Crippen molar-refractivity contribution in [1.29, 1.82) is 0 Å². The summed E-state index contributed by atoms with van der Waals surface area (Å²) in [6.45, 7) is 5.95. The van der Waals surface area contributed by atoms with Crippen molar-refractivity contribution in [2.75, 3.05) is 26.3 Å². The summed E-state index contributed by atoms with van der Waals surface area (Å²) in [7, 11) is 0. The van der Waals surface area contributed by atoms with E-state index in [1.165, 1.54) is 12.1 Å². The molecule has 3 heterocycles. The summed E-state index contributed by atoms with van der Waals surface area (Å²) in [5.41, 5.74) is 1.41. The first kappa shape index (κ1) is 13.1. The van der Waals surface area contributed by atoms with Crippen LogP contribution in [0.1, 0.15) is 25.5 Å². The highest BCUT2D eigenvalue weighted by molar-refractivity contribution is 7.15. The summed E-state index contributed by atoms with van der Waals surface area (Å²) in [6, 6.07) is 0. The van der Waals surface area contributed by atoms with E-state index in [1.807, 2.05) is 0 Å². The van der Waals surface area contributed by atoms with Gasteiger partial charge < -0.3 is 10.1 Å². The number of nitrogens with zero attached hydrogens (tertiary/aromatic N) is 2. The zero-order valence-corrected chi connectivity index (χ0v) is 12.2. The minimum Gasteiger partial charge on any atom is -0.381 e. The molecule has 2 aromatic heterocycles. The Balaban J connectivity index is 1.77.